The van der Waals surface area contributed by atoms with Gasteiger partial charge in [-0.15, -0.1) is 0 Å². The van der Waals surface area contributed by atoms with Crippen molar-refractivity contribution in [3.8, 4) is 11.5 Å². The second kappa shape index (κ2) is 10.0. The van der Waals surface area contributed by atoms with E-state index in [0.29, 0.717) is 23.6 Å². The molecule has 8 heteroatoms. The Labute approximate surface area is 191 Å². The molecule has 4 rings (SSSR count). The molecule has 1 fully saturated rings. The Morgan fingerprint density at radius 1 is 1.12 bits per heavy atom. The van der Waals surface area contributed by atoms with E-state index in [0.717, 1.165) is 37.7 Å². The first-order chi connectivity index (χ1) is 16.0. The summed E-state index contributed by atoms with van der Waals surface area (Å²) in [6.45, 7) is 0.560. The number of halogens is 1. The third-order valence-electron chi connectivity index (χ3n) is 6.25. The van der Waals surface area contributed by atoms with Crippen LogP contribution in [0.2, 0.25) is 0 Å². The number of carbonyl (C=O) groups is 1. The van der Waals surface area contributed by atoms with Crippen LogP contribution >= 0.6 is 0 Å². The van der Waals surface area contributed by atoms with Crippen molar-refractivity contribution in [1.82, 2.24) is 14.5 Å². The van der Waals surface area contributed by atoms with Crippen molar-refractivity contribution in [3.63, 3.8) is 0 Å². The van der Waals surface area contributed by atoms with Gasteiger partial charge in [-0.2, -0.15) is 0 Å². The van der Waals surface area contributed by atoms with Crippen LogP contribution in [-0.2, 0) is 17.8 Å². The molecule has 0 saturated carbocycles. The first kappa shape index (κ1) is 22.8. The smallest absolute Gasteiger partial charge is 0.261 e. The quantitative estimate of drug-likeness (QED) is 0.547. The lowest BCUT2D eigenvalue weighted by Crippen LogP contribution is -2.46. The summed E-state index contributed by atoms with van der Waals surface area (Å²) in [5.41, 5.74) is 1.12. The van der Waals surface area contributed by atoms with Crippen molar-refractivity contribution in [2.24, 2.45) is 0 Å². The Hall–Kier alpha value is -3.42. The van der Waals surface area contributed by atoms with Crippen LogP contribution in [-0.4, -0.2) is 47.2 Å². The fourth-order valence-electron chi connectivity index (χ4n) is 4.48. The average molecular weight is 454 g/mol. The van der Waals surface area contributed by atoms with E-state index in [2.05, 4.69) is 4.98 Å². The number of carbonyl (C=O) groups excluding carboxylic acids is 1. The minimum atomic E-state index is -0.503. The van der Waals surface area contributed by atoms with Gasteiger partial charge in [0, 0.05) is 12.6 Å². The first-order valence-corrected chi connectivity index (χ1v) is 11.1. The molecular formula is C25H28FN3O4. The van der Waals surface area contributed by atoms with E-state index in [4.69, 9.17) is 9.47 Å². The predicted molar refractivity (Wildman–Crippen MR) is 123 cm³/mol. The number of hydrogen-bond donors (Lipinski definition) is 0. The molecule has 2 aromatic carbocycles. The number of hydrogen-bond acceptors (Lipinski definition) is 5. The Morgan fingerprint density at radius 3 is 2.73 bits per heavy atom. The molecule has 3 aromatic rings. The predicted octanol–water partition coefficient (Wildman–Crippen LogP) is 3.57. The molecule has 0 radical (unpaired) electrons. The fraction of sp³-hybridized carbons (Fsp3) is 0.400. The molecule has 0 spiro atoms. The van der Waals surface area contributed by atoms with Gasteiger partial charge in [0.25, 0.3) is 5.56 Å². The van der Waals surface area contributed by atoms with Crippen LogP contribution < -0.4 is 15.0 Å². The highest BCUT2D eigenvalue weighted by molar-refractivity contribution is 5.79. The number of piperidine rings is 1. The molecule has 0 N–H and O–H groups in total. The van der Waals surface area contributed by atoms with Gasteiger partial charge in [0.05, 0.1) is 31.4 Å². The van der Waals surface area contributed by atoms with Gasteiger partial charge < -0.3 is 14.4 Å². The van der Waals surface area contributed by atoms with Crippen molar-refractivity contribution in [3.05, 3.63) is 64.5 Å². The van der Waals surface area contributed by atoms with Crippen LogP contribution in [0.15, 0.2) is 47.5 Å². The number of likely N-dealkylation sites (tertiary alicyclic amines) is 1. The van der Waals surface area contributed by atoms with Gasteiger partial charge in [0.15, 0.2) is 11.5 Å². The normalized spacial score (nSPS) is 16.1. The fourth-order valence-corrected chi connectivity index (χ4v) is 4.48. The van der Waals surface area contributed by atoms with Gasteiger partial charge in [-0.3, -0.25) is 14.2 Å². The van der Waals surface area contributed by atoms with Crippen molar-refractivity contribution in [2.45, 2.75) is 44.7 Å². The van der Waals surface area contributed by atoms with Gasteiger partial charge in [-0.25, -0.2) is 9.37 Å². The highest BCUT2D eigenvalue weighted by atomic mass is 19.1. The van der Waals surface area contributed by atoms with Crippen LogP contribution in [0.4, 0.5) is 4.39 Å². The molecule has 1 aliphatic rings. The molecule has 1 atom stereocenters. The molecule has 0 bridgehead atoms. The van der Waals surface area contributed by atoms with Crippen molar-refractivity contribution in [2.75, 3.05) is 20.8 Å². The molecule has 1 saturated heterocycles. The minimum Gasteiger partial charge on any atom is -0.493 e. The van der Waals surface area contributed by atoms with E-state index in [1.807, 2.05) is 23.1 Å². The van der Waals surface area contributed by atoms with E-state index < -0.39 is 11.4 Å². The summed E-state index contributed by atoms with van der Waals surface area (Å²) in [6.07, 6.45) is 5.91. The van der Waals surface area contributed by atoms with E-state index in [1.165, 1.54) is 29.1 Å². The van der Waals surface area contributed by atoms with Crippen LogP contribution in [0, 0.1) is 5.82 Å². The summed E-state index contributed by atoms with van der Waals surface area (Å²) < 4.78 is 25.6. The minimum absolute atomic E-state index is 0.0981. The van der Waals surface area contributed by atoms with Crippen LogP contribution in [0.3, 0.4) is 0 Å². The maximum absolute atomic E-state index is 13.6. The summed E-state index contributed by atoms with van der Waals surface area (Å²) >= 11 is 0. The number of aromatic nitrogens is 2. The standard InChI is InChI=1S/C25H28FN3O4/c1-32-22-11-7-17(13-23(22)33-2)6-9-19-5-3-4-12-29(19)24(30)15-28-16-27-21-10-8-18(26)14-20(21)25(28)31/h7-8,10-11,13-14,16,19H,3-6,9,12,15H2,1-2H3/t19-/m0/s1. The Balaban J connectivity index is 1.47. The summed E-state index contributed by atoms with van der Waals surface area (Å²) in [5.74, 6) is 0.750. The molecule has 0 unspecified atom stereocenters. The first-order valence-electron chi connectivity index (χ1n) is 11.1. The van der Waals surface area contributed by atoms with E-state index in [1.54, 1.807) is 14.2 Å². The third kappa shape index (κ3) is 4.99. The van der Waals surface area contributed by atoms with E-state index >= 15 is 0 Å². The Morgan fingerprint density at radius 2 is 1.94 bits per heavy atom. The second-order valence-corrected chi connectivity index (χ2v) is 8.30. The maximum Gasteiger partial charge on any atom is 0.261 e. The van der Waals surface area contributed by atoms with Gasteiger partial charge in [-0.1, -0.05) is 6.07 Å². The van der Waals surface area contributed by atoms with Crippen molar-refractivity contribution >= 4 is 16.8 Å². The molecule has 1 amide bonds. The molecule has 1 aliphatic heterocycles. The molecule has 0 aliphatic carbocycles. The van der Waals surface area contributed by atoms with E-state index in [-0.39, 0.29) is 23.9 Å². The van der Waals surface area contributed by atoms with Crippen LogP contribution in [0.5, 0.6) is 11.5 Å². The summed E-state index contributed by atoms with van der Waals surface area (Å²) in [6, 6.07) is 9.86. The maximum atomic E-state index is 13.6. The van der Waals surface area contributed by atoms with Gasteiger partial charge in [-0.05, 0) is 68.0 Å². The molecule has 7 nitrogen and oxygen atoms in total. The second-order valence-electron chi connectivity index (χ2n) is 8.30. The lowest BCUT2D eigenvalue weighted by Gasteiger charge is -2.36. The van der Waals surface area contributed by atoms with Crippen LogP contribution in [0.25, 0.3) is 10.9 Å². The average Bonchev–Trinajstić information content (AvgIpc) is 2.84. The monoisotopic (exact) mass is 453 g/mol. The highest BCUT2D eigenvalue weighted by Gasteiger charge is 2.27. The lowest BCUT2D eigenvalue weighted by molar-refractivity contribution is -0.135. The number of ether oxygens (including phenoxy) is 2. The number of benzene rings is 2. The molecule has 33 heavy (non-hydrogen) atoms. The molecule has 1 aromatic heterocycles. The molecular weight excluding hydrogens is 425 g/mol. The number of nitrogens with zero attached hydrogens (tertiary/aromatic N) is 3. The molecule has 2 heterocycles. The molecule has 174 valence electrons. The van der Waals surface area contributed by atoms with Gasteiger partial charge >= 0.3 is 0 Å². The largest absolute Gasteiger partial charge is 0.493 e. The van der Waals surface area contributed by atoms with Crippen molar-refractivity contribution in [1.29, 1.82) is 0 Å². The summed E-state index contributed by atoms with van der Waals surface area (Å²) in [7, 11) is 3.22. The SMILES string of the molecule is COc1ccc(CC[C@@H]2CCCCN2C(=O)Cn2cnc3ccc(F)cc3c2=O)cc1OC. The Kier molecular flexibility index (Phi) is 6.91. The number of rotatable bonds is 7. The van der Waals surface area contributed by atoms with Crippen molar-refractivity contribution < 1.29 is 18.7 Å². The zero-order valence-corrected chi connectivity index (χ0v) is 18.9. The van der Waals surface area contributed by atoms with E-state index in [9.17, 15) is 14.0 Å². The summed E-state index contributed by atoms with van der Waals surface area (Å²) in [5, 5.41) is 0.175. The third-order valence-corrected chi connectivity index (χ3v) is 6.25. The van der Waals surface area contributed by atoms with Crippen LogP contribution in [0.1, 0.15) is 31.2 Å². The zero-order valence-electron chi connectivity index (χ0n) is 18.9. The number of aryl methyl sites for hydroxylation is 1. The van der Waals surface area contributed by atoms with Gasteiger partial charge in [0.2, 0.25) is 5.91 Å². The number of methoxy groups -OCH3 is 2. The zero-order chi connectivity index (χ0) is 23.4. The summed E-state index contributed by atoms with van der Waals surface area (Å²) in [4.78, 5) is 32.0. The lowest BCUT2D eigenvalue weighted by atomic mass is 9.95. The Bertz CT molecular complexity index is 1210. The number of amides is 1. The topological polar surface area (TPSA) is 73.7 Å². The highest BCUT2D eigenvalue weighted by Crippen LogP contribution is 2.29. The van der Waals surface area contributed by atoms with Gasteiger partial charge in [0.1, 0.15) is 12.4 Å². The number of fused-ring (bicyclic) bond motifs is 1.